The molecule has 0 saturated heterocycles. The lowest BCUT2D eigenvalue weighted by atomic mass is 10.2. The maximum Gasteiger partial charge on any atom is 0.179 e. The van der Waals surface area contributed by atoms with Crippen LogP contribution in [0.3, 0.4) is 0 Å². The molecule has 0 heterocycles. The lowest BCUT2D eigenvalue weighted by molar-refractivity contribution is 0.283. The molecule has 22 heavy (non-hydrogen) atoms. The standard InChI is InChI=1S/C16H15NO4S/c1-20-15-5-3-4-13(10-17)16(15)21-11-12-6-8-14(9-7-12)22(2,18)19/h3-9H,11H2,1-2H3. The molecule has 2 rings (SSSR count). The number of benzene rings is 2. The lowest BCUT2D eigenvalue weighted by Crippen LogP contribution is -2.01. The number of nitriles is 1. The molecule has 0 fully saturated rings. The second-order valence-electron chi connectivity index (χ2n) is 4.65. The molecule has 0 saturated carbocycles. The molecular formula is C16H15NO4S. The highest BCUT2D eigenvalue weighted by molar-refractivity contribution is 7.90. The van der Waals surface area contributed by atoms with Gasteiger partial charge in [0.2, 0.25) is 0 Å². The zero-order chi connectivity index (χ0) is 16.2. The number of sulfone groups is 1. The fourth-order valence-electron chi connectivity index (χ4n) is 1.90. The zero-order valence-corrected chi connectivity index (χ0v) is 13.1. The van der Waals surface area contributed by atoms with Gasteiger partial charge in [0.05, 0.1) is 17.6 Å². The number of ether oxygens (including phenoxy) is 2. The number of para-hydroxylation sites is 1. The molecule has 0 aromatic heterocycles. The van der Waals surface area contributed by atoms with Crippen LogP contribution >= 0.6 is 0 Å². The van der Waals surface area contributed by atoms with Crippen molar-refractivity contribution < 1.29 is 17.9 Å². The van der Waals surface area contributed by atoms with E-state index in [1.165, 1.54) is 19.2 Å². The maximum absolute atomic E-state index is 11.4. The first-order valence-corrected chi connectivity index (χ1v) is 8.33. The van der Waals surface area contributed by atoms with Crippen LogP contribution < -0.4 is 9.47 Å². The monoisotopic (exact) mass is 317 g/mol. The highest BCUT2D eigenvalue weighted by Crippen LogP contribution is 2.31. The molecule has 0 unspecified atom stereocenters. The van der Waals surface area contributed by atoms with Gasteiger partial charge in [-0.1, -0.05) is 18.2 Å². The minimum atomic E-state index is -3.21. The van der Waals surface area contributed by atoms with Gasteiger partial charge in [-0.05, 0) is 29.8 Å². The van der Waals surface area contributed by atoms with E-state index in [9.17, 15) is 8.42 Å². The SMILES string of the molecule is COc1cccc(C#N)c1OCc1ccc(S(C)(=O)=O)cc1. The molecule has 2 aromatic rings. The van der Waals surface area contributed by atoms with Gasteiger partial charge in [0.15, 0.2) is 21.3 Å². The van der Waals surface area contributed by atoms with E-state index in [-0.39, 0.29) is 11.5 Å². The Hall–Kier alpha value is -2.52. The van der Waals surface area contributed by atoms with Crippen molar-refractivity contribution in [2.75, 3.05) is 13.4 Å². The maximum atomic E-state index is 11.4. The van der Waals surface area contributed by atoms with Gasteiger partial charge in [-0.2, -0.15) is 5.26 Å². The third-order valence-corrected chi connectivity index (χ3v) is 4.18. The second-order valence-corrected chi connectivity index (χ2v) is 6.67. The molecule has 0 spiro atoms. The van der Waals surface area contributed by atoms with Crippen LogP contribution in [0.4, 0.5) is 0 Å². The Balaban J connectivity index is 2.19. The highest BCUT2D eigenvalue weighted by atomic mass is 32.2. The molecule has 0 atom stereocenters. The van der Waals surface area contributed by atoms with Crippen LogP contribution in [0.5, 0.6) is 11.5 Å². The molecular weight excluding hydrogens is 302 g/mol. The van der Waals surface area contributed by atoms with Gasteiger partial charge < -0.3 is 9.47 Å². The van der Waals surface area contributed by atoms with Crippen LogP contribution in [0, 0.1) is 11.3 Å². The topological polar surface area (TPSA) is 76.4 Å². The Labute approximate surface area is 129 Å². The summed E-state index contributed by atoms with van der Waals surface area (Å²) in [6, 6.07) is 13.5. The Morgan fingerprint density at radius 2 is 1.82 bits per heavy atom. The van der Waals surface area contributed by atoms with E-state index in [1.54, 1.807) is 30.3 Å². The Kier molecular flexibility index (Phi) is 4.68. The van der Waals surface area contributed by atoms with Crippen molar-refractivity contribution in [3.8, 4) is 17.6 Å². The summed E-state index contributed by atoms with van der Waals surface area (Å²) in [5.74, 6) is 0.853. The fraction of sp³-hybridized carbons (Fsp3) is 0.188. The number of methoxy groups -OCH3 is 1. The summed E-state index contributed by atoms with van der Waals surface area (Å²) in [6.45, 7) is 0.207. The molecule has 2 aromatic carbocycles. The zero-order valence-electron chi connectivity index (χ0n) is 12.2. The van der Waals surface area contributed by atoms with Crippen LogP contribution in [0.15, 0.2) is 47.4 Å². The van der Waals surface area contributed by atoms with Gasteiger partial charge in [-0.15, -0.1) is 0 Å². The molecule has 0 amide bonds. The highest BCUT2D eigenvalue weighted by Gasteiger charge is 2.11. The van der Waals surface area contributed by atoms with E-state index in [0.717, 1.165) is 11.8 Å². The van der Waals surface area contributed by atoms with Crippen molar-refractivity contribution in [3.05, 3.63) is 53.6 Å². The van der Waals surface area contributed by atoms with Gasteiger partial charge in [-0.25, -0.2) is 8.42 Å². The summed E-state index contributed by atoms with van der Waals surface area (Å²) in [6.07, 6.45) is 1.16. The summed E-state index contributed by atoms with van der Waals surface area (Å²) in [4.78, 5) is 0.256. The third-order valence-electron chi connectivity index (χ3n) is 3.05. The molecule has 0 aliphatic rings. The molecule has 0 aliphatic heterocycles. The summed E-state index contributed by atoms with van der Waals surface area (Å²) < 4.78 is 33.7. The van der Waals surface area contributed by atoms with E-state index in [1.807, 2.05) is 0 Å². The number of hydrogen-bond acceptors (Lipinski definition) is 5. The Morgan fingerprint density at radius 1 is 1.14 bits per heavy atom. The Bertz CT molecular complexity index is 805. The number of rotatable bonds is 5. The predicted octanol–water partition coefficient (Wildman–Crippen LogP) is 2.55. The van der Waals surface area contributed by atoms with Gasteiger partial charge in [-0.3, -0.25) is 0 Å². The van der Waals surface area contributed by atoms with Gasteiger partial charge >= 0.3 is 0 Å². The minimum absolute atomic E-state index is 0.207. The minimum Gasteiger partial charge on any atom is -0.493 e. The van der Waals surface area contributed by atoms with Crippen molar-refractivity contribution in [1.29, 1.82) is 5.26 Å². The number of nitrogens with zero attached hydrogens (tertiary/aromatic N) is 1. The van der Waals surface area contributed by atoms with Crippen LogP contribution in [-0.2, 0) is 16.4 Å². The van der Waals surface area contributed by atoms with Crippen molar-refractivity contribution in [2.45, 2.75) is 11.5 Å². The molecule has 0 aliphatic carbocycles. The van der Waals surface area contributed by atoms with Crippen molar-refractivity contribution >= 4 is 9.84 Å². The smallest absolute Gasteiger partial charge is 0.179 e. The largest absolute Gasteiger partial charge is 0.493 e. The first-order chi connectivity index (χ1) is 10.5. The van der Waals surface area contributed by atoms with Gasteiger partial charge in [0.25, 0.3) is 0 Å². The Morgan fingerprint density at radius 3 is 2.36 bits per heavy atom. The summed E-state index contributed by atoms with van der Waals surface area (Å²) in [5, 5.41) is 9.11. The van der Waals surface area contributed by atoms with Crippen LogP contribution in [0.25, 0.3) is 0 Å². The van der Waals surface area contributed by atoms with Crippen molar-refractivity contribution in [1.82, 2.24) is 0 Å². The summed E-state index contributed by atoms with van der Waals surface area (Å²) in [7, 11) is -1.71. The van der Waals surface area contributed by atoms with E-state index < -0.39 is 9.84 Å². The third kappa shape index (κ3) is 3.57. The van der Waals surface area contributed by atoms with Crippen molar-refractivity contribution in [3.63, 3.8) is 0 Å². The van der Waals surface area contributed by atoms with Crippen LogP contribution in [-0.4, -0.2) is 21.8 Å². The molecule has 5 nitrogen and oxygen atoms in total. The molecule has 6 heteroatoms. The predicted molar refractivity (Wildman–Crippen MR) is 81.6 cm³/mol. The van der Waals surface area contributed by atoms with E-state index >= 15 is 0 Å². The average molecular weight is 317 g/mol. The molecule has 0 bridgehead atoms. The molecule has 114 valence electrons. The van der Waals surface area contributed by atoms with Crippen LogP contribution in [0.2, 0.25) is 0 Å². The molecule has 0 radical (unpaired) electrons. The van der Waals surface area contributed by atoms with E-state index in [4.69, 9.17) is 14.7 Å². The van der Waals surface area contributed by atoms with Gasteiger partial charge in [0.1, 0.15) is 12.7 Å². The summed E-state index contributed by atoms with van der Waals surface area (Å²) >= 11 is 0. The first-order valence-electron chi connectivity index (χ1n) is 6.44. The van der Waals surface area contributed by atoms with E-state index in [0.29, 0.717) is 17.1 Å². The first kappa shape index (κ1) is 15.9. The fourth-order valence-corrected chi connectivity index (χ4v) is 2.53. The number of hydrogen-bond donors (Lipinski definition) is 0. The second kappa shape index (κ2) is 6.50. The average Bonchev–Trinajstić information content (AvgIpc) is 2.52. The van der Waals surface area contributed by atoms with Crippen LogP contribution in [0.1, 0.15) is 11.1 Å². The normalized spacial score (nSPS) is 10.8. The van der Waals surface area contributed by atoms with Crippen molar-refractivity contribution in [2.24, 2.45) is 0 Å². The van der Waals surface area contributed by atoms with E-state index in [2.05, 4.69) is 6.07 Å². The summed E-state index contributed by atoms with van der Waals surface area (Å²) in [5.41, 5.74) is 1.18. The quantitative estimate of drug-likeness (QED) is 0.847. The lowest BCUT2D eigenvalue weighted by Gasteiger charge is -2.12. The molecule has 0 N–H and O–H groups in total. The van der Waals surface area contributed by atoms with Gasteiger partial charge in [0, 0.05) is 6.26 Å².